The minimum Gasteiger partial charge on any atom is -0.381 e. The van der Waals surface area contributed by atoms with Gasteiger partial charge in [-0.15, -0.1) is 0 Å². The highest BCUT2D eigenvalue weighted by Crippen LogP contribution is 2.25. The van der Waals surface area contributed by atoms with Crippen molar-refractivity contribution in [1.82, 2.24) is 14.8 Å². The number of nitrogens with zero attached hydrogens (tertiary/aromatic N) is 3. The van der Waals surface area contributed by atoms with Crippen molar-refractivity contribution in [1.29, 1.82) is 0 Å². The van der Waals surface area contributed by atoms with Gasteiger partial charge in [0.1, 0.15) is 0 Å². The number of anilines is 2. The molecule has 144 valence electrons. The smallest absolute Gasteiger partial charge is 0.323 e. The van der Waals surface area contributed by atoms with Crippen LogP contribution in [0.1, 0.15) is 24.6 Å². The molecule has 0 saturated carbocycles. The van der Waals surface area contributed by atoms with Crippen molar-refractivity contribution >= 4 is 17.4 Å². The van der Waals surface area contributed by atoms with Crippen LogP contribution >= 0.6 is 0 Å². The van der Waals surface area contributed by atoms with E-state index in [0.29, 0.717) is 17.4 Å². The minimum atomic E-state index is -0.306. The van der Waals surface area contributed by atoms with E-state index in [2.05, 4.69) is 20.7 Å². The Morgan fingerprint density at radius 1 is 1.14 bits per heavy atom. The zero-order valence-corrected chi connectivity index (χ0v) is 15.8. The molecule has 1 fully saturated rings. The van der Waals surface area contributed by atoms with Gasteiger partial charge in [0.05, 0.1) is 29.3 Å². The van der Waals surface area contributed by atoms with Crippen molar-refractivity contribution in [3.05, 3.63) is 60.6 Å². The second-order valence-corrected chi connectivity index (χ2v) is 6.81. The number of amides is 2. The molecule has 7 nitrogen and oxygen atoms in total. The molecule has 1 aliphatic heterocycles. The molecule has 3 aromatic rings. The number of urea groups is 1. The number of carbonyl (C=O) groups is 1. The van der Waals surface area contributed by atoms with Gasteiger partial charge in [-0.1, -0.05) is 30.3 Å². The van der Waals surface area contributed by atoms with Crippen LogP contribution < -0.4 is 10.6 Å². The number of hydrogen-bond donors (Lipinski definition) is 2. The number of rotatable bonds is 4. The third-order valence-electron chi connectivity index (χ3n) is 4.92. The van der Waals surface area contributed by atoms with Crippen LogP contribution in [0.15, 0.2) is 54.9 Å². The molecule has 0 radical (unpaired) electrons. The molecule has 0 bridgehead atoms. The van der Waals surface area contributed by atoms with Crippen molar-refractivity contribution in [3.63, 3.8) is 0 Å². The molecule has 1 aromatic carbocycles. The summed E-state index contributed by atoms with van der Waals surface area (Å²) in [5, 5.41) is 10.2. The van der Waals surface area contributed by atoms with Crippen molar-refractivity contribution < 1.29 is 9.53 Å². The molecular formula is C21H23N5O2. The van der Waals surface area contributed by atoms with E-state index >= 15 is 0 Å². The standard InChI is InChI=1S/C21H23N5O2/c1-15-20(14-23-26(15)18-8-11-28-12-9-18)25-21(27)24-17-7-10-22-19(13-17)16-5-3-2-4-6-16/h2-7,10,13-14,18H,8-9,11-12H2,1H3,(H2,22,24,25,27). The SMILES string of the molecule is Cc1c(NC(=O)Nc2ccnc(-c3ccccc3)c2)cnn1C1CCOCC1. The molecule has 2 aromatic heterocycles. The zero-order chi connectivity index (χ0) is 19.3. The lowest BCUT2D eigenvalue weighted by Gasteiger charge is -2.23. The first kappa shape index (κ1) is 18.2. The highest BCUT2D eigenvalue weighted by atomic mass is 16.5. The number of aromatic nitrogens is 3. The molecule has 0 aliphatic carbocycles. The van der Waals surface area contributed by atoms with Gasteiger partial charge in [0.25, 0.3) is 0 Å². The van der Waals surface area contributed by atoms with E-state index in [1.807, 2.05) is 48.0 Å². The Balaban J connectivity index is 1.43. The van der Waals surface area contributed by atoms with E-state index in [9.17, 15) is 4.79 Å². The predicted octanol–water partition coefficient (Wildman–Crippen LogP) is 4.25. The van der Waals surface area contributed by atoms with E-state index < -0.39 is 0 Å². The molecule has 0 spiro atoms. The molecular weight excluding hydrogens is 354 g/mol. The molecule has 28 heavy (non-hydrogen) atoms. The van der Waals surface area contributed by atoms with Gasteiger partial charge in [-0.3, -0.25) is 9.67 Å². The summed E-state index contributed by atoms with van der Waals surface area (Å²) in [7, 11) is 0. The van der Waals surface area contributed by atoms with Crippen molar-refractivity contribution in [3.8, 4) is 11.3 Å². The lowest BCUT2D eigenvalue weighted by Crippen LogP contribution is -2.22. The number of benzene rings is 1. The monoisotopic (exact) mass is 377 g/mol. The van der Waals surface area contributed by atoms with Crippen LogP contribution in [0.3, 0.4) is 0 Å². The van der Waals surface area contributed by atoms with Crippen LogP contribution in [0.25, 0.3) is 11.3 Å². The Morgan fingerprint density at radius 2 is 1.93 bits per heavy atom. The van der Waals surface area contributed by atoms with Crippen molar-refractivity contribution in [2.75, 3.05) is 23.8 Å². The van der Waals surface area contributed by atoms with Gasteiger partial charge < -0.3 is 15.4 Å². The molecule has 0 atom stereocenters. The maximum atomic E-state index is 12.5. The summed E-state index contributed by atoms with van der Waals surface area (Å²) in [4.78, 5) is 16.8. The molecule has 2 amide bonds. The summed E-state index contributed by atoms with van der Waals surface area (Å²) in [6.07, 6.45) is 5.26. The topological polar surface area (TPSA) is 81.1 Å². The van der Waals surface area contributed by atoms with Crippen LogP contribution in [0, 0.1) is 6.92 Å². The second-order valence-electron chi connectivity index (χ2n) is 6.81. The summed E-state index contributed by atoms with van der Waals surface area (Å²) in [6, 6.07) is 13.5. The Kier molecular flexibility index (Phi) is 5.34. The number of pyridine rings is 1. The first-order valence-electron chi connectivity index (χ1n) is 9.42. The fourth-order valence-corrected chi connectivity index (χ4v) is 3.40. The summed E-state index contributed by atoms with van der Waals surface area (Å²) in [5.41, 5.74) is 4.14. The maximum Gasteiger partial charge on any atom is 0.323 e. The van der Waals surface area contributed by atoms with E-state index in [0.717, 1.165) is 43.0 Å². The molecule has 0 unspecified atom stereocenters. The summed E-state index contributed by atoms with van der Waals surface area (Å²) >= 11 is 0. The van der Waals surface area contributed by atoms with Crippen molar-refractivity contribution in [2.45, 2.75) is 25.8 Å². The summed E-state index contributed by atoms with van der Waals surface area (Å²) in [5.74, 6) is 0. The van der Waals surface area contributed by atoms with Gasteiger partial charge in [0.15, 0.2) is 0 Å². The van der Waals surface area contributed by atoms with Crippen molar-refractivity contribution in [2.24, 2.45) is 0 Å². The molecule has 1 aliphatic rings. The lowest BCUT2D eigenvalue weighted by molar-refractivity contribution is 0.0657. The first-order chi connectivity index (χ1) is 13.7. The van der Waals surface area contributed by atoms with Crippen LogP contribution in [-0.4, -0.2) is 34.0 Å². The molecule has 3 heterocycles. The fraction of sp³-hybridized carbons (Fsp3) is 0.286. The van der Waals surface area contributed by atoms with Gasteiger partial charge in [-0.05, 0) is 31.9 Å². The maximum absolute atomic E-state index is 12.5. The van der Waals surface area contributed by atoms with Crippen LogP contribution in [0.5, 0.6) is 0 Å². The van der Waals surface area contributed by atoms with Gasteiger partial charge in [-0.2, -0.15) is 5.10 Å². The minimum absolute atomic E-state index is 0.306. The average Bonchev–Trinajstić information content (AvgIpc) is 3.09. The Hall–Kier alpha value is -3.19. The third-order valence-corrected chi connectivity index (χ3v) is 4.92. The molecule has 7 heteroatoms. The fourth-order valence-electron chi connectivity index (χ4n) is 3.40. The Bertz CT molecular complexity index is 948. The van der Waals surface area contributed by atoms with E-state index in [1.54, 1.807) is 18.5 Å². The van der Waals surface area contributed by atoms with Crippen LogP contribution in [0.2, 0.25) is 0 Å². The average molecular weight is 377 g/mol. The first-order valence-corrected chi connectivity index (χ1v) is 9.42. The molecule has 1 saturated heterocycles. The highest BCUT2D eigenvalue weighted by molar-refractivity contribution is 6.00. The second kappa shape index (κ2) is 8.22. The lowest BCUT2D eigenvalue weighted by atomic mass is 10.1. The van der Waals surface area contributed by atoms with Gasteiger partial charge in [0.2, 0.25) is 0 Å². The highest BCUT2D eigenvalue weighted by Gasteiger charge is 2.20. The normalized spacial score (nSPS) is 14.6. The van der Waals surface area contributed by atoms with Crippen LogP contribution in [-0.2, 0) is 4.74 Å². The van der Waals surface area contributed by atoms with Gasteiger partial charge in [-0.25, -0.2) is 4.79 Å². The molecule has 4 rings (SSSR count). The Morgan fingerprint density at radius 3 is 2.71 bits per heavy atom. The Labute approximate surface area is 163 Å². The quantitative estimate of drug-likeness (QED) is 0.712. The zero-order valence-electron chi connectivity index (χ0n) is 15.8. The number of carbonyl (C=O) groups excluding carboxylic acids is 1. The summed E-state index contributed by atoms with van der Waals surface area (Å²) in [6.45, 7) is 3.47. The van der Waals surface area contributed by atoms with E-state index in [4.69, 9.17) is 4.74 Å². The van der Waals surface area contributed by atoms with Gasteiger partial charge >= 0.3 is 6.03 Å². The third kappa shape index (κ3) is 4.04. The predicted molar refractivity (Wildman–Crippen MR) is 108 cm³/mol. The number of ether oxygens (including phenoxy) is 1. The molecule has 2 N–H and O–H groups in total. The van der Waals surface area contributed by atoms with Crippen LogP contribution in [0.4, 0.5) is 16.2 Å². The van der Waals surface area contributed by atoms with E-state index in [-0.39, 0.29) is 6.03 Å². The van der Waals surface area contributed by atoms with Gasteiger partial charge in [0, 0.05) is 30.7 Å². The van der Waals surface area contributed by atoms with E-state index in [1.165, 1.54) is 0 Å². The number of hydrogen-bond acceptors (Lipinski definition) is 4. The summed E-state index contributed by atoms with van der Waals surface area (Å²) < 4.78 is 7.40. The largest absolute Gasteiger partial charge is 0.381 e. The number of nitrogens with one attached hydrogen (secondary N) is 2.